The average molecular weight is 259 g/mol. The molecule has 1 aromatic rings. The van der Waals surface area contributed by atoms with E-state index < -0.39 is 0 Å². The van der Waals surface area contributed by atoms with E-state index in [2.05, 4.69) is 69.2 Å². The molecule has 0 saturated carbocycles. The number of nitrogens with one attached hydrogen (secondary N) is 1. The first kappa shape index (κ1) is 15.5. The van der Waals surface area contributed by atoms with Gasteiger partial charge in [-0.15, -0.1) is 0 Å². The van der Waals surface area contributed by atoms with Gasteiger partial charge in [0.15, 0.2) is 0 Å². The molecule has 104 valence electrons. The van der Waals surface area contributed by atoms with Gasteiger partial charge in [-0.2, -0.15) is 5.26 Å². The summed E-state index contributed by atoms with van der Waals surface area (Å²) in [6.07, 6.45) is 0.832. The third-order valence-corrected chi connectivity index (χ3v) is 3.21. The number of aryl methyl sites for hydroxylation is 2. The highest BCUT2D eigenvalue weighted by Gasteiger charge is 2.11. The summed E-state index contributed by atoms with van der Waals surface area (Å²) in [5.74, 6) is 0. The lowest BCUT2D eigenvalue weighted by atomic mass is 10.1. The van der Waals surface area contributed by atoms with E-state index in [0.717, 1.165) is 13.0 Å². The lowest BCUT2D eigenvalue weighted by Crippen LogP contribution is -2.36. The average Bonchev–Trinajstić information content (AvgIpc) is 2.33. The van der Waals surface area contributed by atoms with Crippen LogP contribution in [0.15, 0.2) is 18.2 Å². The Morgan fingerprint density at radius 1 is 1.32 bits per heavy atom. The second-order valence-electron chi connectivity index (χ2n) is 5.50. The number of benzene rings is 1. The van der Waals surface area contributed by atoms with Crippen LogP contribution < -0.4 is 10.2 Å². The van der Waals surface area contributed by atoms with E-state index in [0.29, 0.717) is 6.04 Å². The van der Waals surface area contributed by atoms with Gasteiger partial charge in [0.1, 0.15) is 0 Å². The SMILES string of the molecule is Cc1ccc(N(C)CCC(C#N)NC(C)C)c(C)c1. The Morgan fingerprint density at radius 2 is 2.00 bits per heavy atom. The Balaban J connectivity index is 2.59. The first-order valence-corrected chi connectivity index (χ1v) is 6.88. The van der Waals surface area contributed by atoms with Crippen molar-refractivity contribution in [1.29, 1.82) is 5.26 Å². The molecular formula is C16H25N3. The maximum atomic E-state index is 9.12. The second kappa shape index (κ2) is 7.16. The smallest absolute Gasteiger partial charge is 0.0971 e. The number of nitrogens with zero attached hydrogens (tertiary/aromatic N) is 2. The molecule has 0 amide bonds. The van der Waals surface area contributed by atoms with Gasteiger partial charge in [0, 0.05) is 25.3 Å². The molecule has 1 aromatic carbocycles. The molecule has 0 spiro atoms. The lowest BCUT2D eigenvalue weighted by molar-refractivity contribution is 0.506. The standard InChI is InChI=1S/C16H25N3/c1-12(2)18-15(11-17)8-9-19(5)16-7-6-13(3)10-14(16)4/h6-7,10,12,15,18H,8-9H2,1-5H3. The molecule has 0 aliphatic heterocycles. The van der Waals surface area contributed by atoms with Crippen molar-refractivity contribution < 1.29 is 0 Å². The summed E-state index contributed by atoms with van der Waals surface area (Å²) in [5, 5.41) is 12.4. The third-order valence-electron chi connectivity index (χ3n) is 3.21. The normalized spacial score (nSPS) is 12.3. The topological polar surface area (TPSA) is 39.1 Å². The zero-order valence-electron chi connectivity index (χ0n) is 12.7. The van der Waals surface area contributed by atoms with Gasteiger partial charge in [0.25, 0.3) is 0 Å². The van der Waals surface area contributed by atoms with Crippen LogP contribution in [0.25, 0.3) is 0 Å². The van der Waals surface area contributed by atoms with Gasteiger partial charge in [0.2, 0.25) is 0 Å². The fraction of sp³-hybridized carbons (Fsp3) is 0.562. The molecule has 0 bridgehead atoms. The van der Waals surface area contributed by atoms with Crippen LogP contribution in [0.5, 0.6) is 0 Å². The molecule has 0 aliphatic rings. The summed E-state index contributed by atoms with van der Waals surface area (Å²) < 4.78 is 0. The fourth-order valence-corrected chi connectivity index (χ4v) is 2.26. The summed E-state index contributed by atoms with van der Waals surface area (Å²) in [6.45, 7) is 9.25. The summed E-state index contributed by atoms with van der Waals surface area (Å²) in [6, 6.07) is 9.08. The maximum Gasteiger partial charge on any atom is 0.0971 e. The predicted octanol–water partition coefficient (Wildman–Crippen LogP) is 3.02. The van der Waals surface area contributed by atoms with Crippen molar-refractivity contribution in [3.05, 3.63) is 29.3 Å². The zero-order valence-corrected chi connectivity index (χ0v) is 12.7. The van der Waals surface area contributed by atoms with Crippen molar-refractivity contribution in [2.75, 3.05) is 18.5 Å². The minimum atomic E-state index is -0.0757. The van der Waals surface area contributed by atoms with Crippen molar-refractivity contribution >= 4 is 5.69 Å². The first-order valence-electron chi connectivity index (χ1n) is 6.88. The molecule has 1 unspecified atom stereocenters. The van der Waals surface area contributed by atoms with Crippen molar-refractivity contribution in [1.82, 2.24) is 5.32 Å². The molecule has 1 rings (SSSR count). The lowest BCUT2D eigenvalue weighted by Gasteiger charge is -2.23. The molecule has 0 fully saturated rings. The number of anilines is 1. The van der Waals surface area contributed by atoms with E-state index in [-0.39, 0.29) is 6.04 Å². The summed E-state index contributed by atoms with van der Waals surface area (Å²) in [4.78, 5) is 2.22. The largest absolute Gasteiger partial charge is 0.374 e. The van der Waals surface area contributed by atoms with E-state index in [4.69, 9.17) is 5.26 Å². The van der Waals surface area contributed by atoms with Crippen LogP contribution in [0.1, 0.15) is 31.4 Å². The van der Waals surface area contributed by atoms with Crippen LogP contribution in [0, 0.1) is 25.2 Å². The van der Waals surface area contributed by atoms with Crippen LogP contribution in [0.2, 0.25) is 0 Å². The highest BCUT2D eigenvalue weighted by Crippen LogP contribution is 2.20. The van der Waals surface area contributed by atoms with E-state index in [1.165, 1.54) is 16.8 Å². The number of rotatable bonds is 6. The fourth-order valence-electron chi connectivity index (χ4n) is 2.26. The molecule has 3 nitrogen and oxygen atoms in total. The minimum Gasteiger partial charge on any atom is -0.374 e. The summed E-state index contributed by atoms with van der Waals surface area (Å²) >= 11 is 0. The first-order chi connectivity index (χ1) is 8.93. The number of hydrogen-bond donors (Lipinski definition) is 1. The van der Waals surface area contributed by atoms with Gasteiger partial charge >= 0.3 is 0 Å². The molecule has 1 N–H and O–H groups in total. The zero-order chi connectivity index (χ0) is 14.4. The molecule has 0 radical (unpaired) electrons. The van der Waals surface area contributed by atoms with E-state index >= 15 is 0 Å². The number of nitriles is 1. The Labute approximate surface area is 117 Å². The van der Waals surface area contributed by atoms with Crippen molar-refractivity contribution in [3.63, 3.8) is 0 Å². The highest BCUT2D eigenvalue weighted by atomic mass is 15.1. The van der Waals surface area contributed by atoms with Crippen LogP contribution in [-0.2, 0) is 0 Å². The molecule has 19 heavy (non-hydrogen) atoms. The summed E-state index contributed by atoms with van der Waals surface area (Å²) in [5.41, 5.74) is 3.81. The van der Waals surface area contributed by atoms with Crippen LogP contribution in [-0.4, -0.2) is 25.7 Å². The Hall–Kier alpha value is -1.53. The molecule has 0 heterocycles. The minimum absolute atomic E-state index is 0.0757. The van der Waals surface area contributed by atoms with Crippen molar-refractivity contribution in [2.45, 2.75) is 46.2 Å². The molecular weight excluding hydrogens is 234 g/mol. The van der Waals surface area contributed by atoms with Gasteiger partial charge in [-0.1, -0.05) is 17.7 Å². The van der Waals surface area contributed by atoms with Crippen LogP contribution >= 0.6 is 0 Å². The summed E-state index contributed by atoms with van der Waals surface area (Å²) in [7, 11) is 2.08. The van der Waals surface area contributed by atoms with Crippen LogP contribution in [0.4, 0.5) is 5.69 Å². The number of hydrogen-bond acceptors (Lipinski definition) is 3. The van der Waals surface area contributed by atoms with Gasteiger partial charge in [0.05, 0.1) is 12.1 Å². The van der Waals surface area contributed by atoms with E-state index in [9.17, 15) is 0 Å². The van der Waals surface area contributed by atoms with E-state index in [1.807, 2.05) is 0 Å². The monoisotopic (exact) mass is 259 g/mol. The quantitative estimate of drug-likeness (QED) is 0.853. The van der Waals surface area contributed by atoms with Gasteiger partial charge < -0.3 is 4.90 Å². The van der Waals surface area contributed by atoms with Crippen molar-refractivity contribution in [3.8, 4) is 6.07 Å². The van der Waals surface area contributed by atoms with Gasteiger partial charge in [-0.25, -0.2) is 0 Å². The molecule has 1 atom stereocenters. The van der Waals surface area contributed by atoms with Crippen LogP contribution in [0.3, 0.4) is 0 Å². The third kappa shape index (κ3) is 4.92. The second-order valence-corrected chi connectivity index (χ2v) is 5.50. The van der Waals surface area contributed by atoms with Gasteiger partial charge in [-0.05, 0) is 45.7 Å². The Kier molecular flexibility index (Phi) is 5.85. The molecule has 0 aromatic heterocycles. The molecule has 0 saturated heterocycles. The predicted molar refractivity (Wildman–Crippen MR) is 81.5 cm³/mol. The molecule has 3 heteroatoms. The van der Waals surface area contributed by atoms with E-state index in [1.54, 1.807) is 0 Å². The van der Waals surface area contributed by atoms with Gasteiger partial charge in [-0.3, -0.25) is 5.32 Å². The Bertz CT molecular complexity index is 446. The Morgan fingerprint density at radius 3 is 2.53 bits per heavy atom. The molecule has 0 aliphatic carbocycles. The highest BCUT2D eigenvalue weighted by molar-refractivity contribution is 5.53. The van der Waals surface area contributed by atoms with Crippen molar-refractivity contribution in [2.24, 2.45) is 0 Å². The maximum absolute atomic E-state index is 9.12.